The van der Waals surface area contributed by atoms with Crippen LogP contribution in [0, 0.1) is 5.92 Å². The van der Waals surface area contributed by atoms with E-state index in [0.29, 0.717) is 17.0 Å². The van der Waals surface area contributed by atoms with Gasteiger partial charge in [-0.1, -0.05) is 18.0 Å². The van der Waals surface area contributed by atoms with Gasteiger partial charge >= 0.3 is 0 Å². The van der Waals surface area contributed by atoms with Gasteiger partial charge in [0.15, 0.2) is 0 Å². The van der Waals surface area contributed by atoms with E-state index in [4.69, 9.17) is 11.6 Å². The average molecular weight is 307 g/mol. The molecule has 1 saturated carbocycles. The van der Waals surface area contributed by atoms with E-state index >= 15 is 0 Å². The smallest absolute Gasteiger partial charge is 0.256 e. The summed E-state index contributed by atoms with van der Waals surface area (Å²) in [6.07, 6.45) is 6.11. The number of carbonyl (C=O) groups excluding carboxylic acids is 1. The number of amides is 1. The second kappa shape index (κ2) is 6.27. The van der Waals surface area contributed by atoms with Crippen LogP contribution >= 0.6 is 11.6 Å². The van der Waals surface area contributed by atoms with Crippen molar-refractivity contribution < 1.29 is 4.79 Å². The number of hydrogen-bond acceptors (Lipinski definition) is 2. The SMILES string of the molecule is CCNc1ccc(Cl)cc1C(=O)N1CCCC2CCCC21. The predicted molar refractivity (Wildman–Crippen MR) is 87.0 cm³/mol. The lowest BCUT2D eigenvalue weighted by Gasteiger charge is -2.38. The highest BCUT2D eigenvalue weighted by atomic mass is 35.5. The maximum Gasteiger partial charge on any atom is 0.256 e. The predicted octanol–water partition coefficient (Wildman–Crippen LogP) is 4.18. The second-order valence-corrected chi connectivity index (χ2v) is 6.56. The van der Waals surface area contributed by atoms with E-state index < -0.39 is 0 Å². The third kappa shape index (κ3) is 2.89. The molecule has 2 unspecified atom stereocenters. The van der Waals surface area contributed by atoms with Gasteiger partial charge in [-0.3, -0.25) is 4.79 Å². The van der Waals surface area contributed by atoms with Gasteiger partial charge in [0.25, 0.3) is 5.91 Å². The van der Waals surface area contributed by atoms with Crippen LogP contribution in [0.25, 0.3) is 0 Å². The molecule has 1 saturated heterocycles. The highest BCUT2D eigenvalue weighted by Crippen LogP contribution is 2.38. The summed E-state index contributed by atoms with van der Waals surface area (Å²) in [6.45, 7) is 3.73. The van der Waals surface area contributed by atoms with E-state index in [0.717, 1.165) is 37.2 Å². The second-order valence-electron chi connectivity index (χ2n) is 6.12. The van der Waals surface area contributed by atoms with E-state index in [1.54, 1.807) is 6.07 Å². The van der Waals surface area contributed by atoms with Gasteiger partial charge in [0.2, 0.25) is 0 Å². The highest BCUT2D eigenvalue weighted by Gasteiger charge is 2.38. The number of carbonyl (C=O) groups is 1. The number of halogens is 1. The summed E-state index contributed by atoms with van der Waals surface area (Å²) < 4.78 is 0. The van der Waals surface area contributed by atoms with Crippen LogP contribution in [0.2, 0.25) is 5.02 Å². The largest absolute Gasteiger partial charge is 0.385 e. The van der Waals surface area contributed by atoms with Gasteiger partial charge in [-0.2, -0.15) is 0 Å². The number of fused-ring (bicyclic) bond motifs is 1. The van der Waals surface area contributed by atoms with Gasteiger partial charge in [-0.05, 0) is 56.7 Å². The number of likely N-dealkylation sites (tertiary alicyclic amines) is 1. The van der Waals surface area contributed by atoms with Crippen LogP contribution in [0.3, 0.4) is 0 Å². The Morgan fingerprint density at radius 2 is 2.14 bits per heavy atom. The summed E-state index contributed by atoms with van der Waals surface area (Å²) in [5, 5.41) is 3.90. The molecule has 114 valence electrons. The van der Waals surface area contributed by atoms with E-state index in [1.807, 2.05) is 19.1 Å². The number of hydrogen-bond donors (Lipinski definition) is 1. The number of rotatable bonds is 3. The van der Waals surface area contributed by atoms with Crippen LogP contribution in [0.4, 0.5) is 5.69 Å². The Morgan fingerprint density at radius 3 is 2.95 bits per heavy atom. The molecule has 4 heteroatoms. The molecule has 0 bridgehead atoms. The summed E-state index contributed by atoms with van der Waals surface area (Å²) in [5.74, 6) is 0.856. The number of nitrogens with zero attached hydrogens (tertiary/aromatic N) is 1. The Balaban J connectivity index is 1.88. The van der Waals surface area contributed by atoms with E-state index in [1.165, 1.54) is 19.3 Å². The van der Waals surface area contributed by atoms with Crippen molar-refractivity contribution in [1.82, 2.24) is 4.90 Å². The minimum Gasteiger partial charge on any atom is -0.385 e. The first-order valence-electron chi connectivity index (χ1n) is 8.05. The maximum absolute atomic E-state index is 13.0. The summed E-state index contributed by atoms with van der Waals surface area (Å²) in [7, 11) is 0. The van der Waals surface area contributed by atoms with Crippen molar-refractivity contribution in [1.29, 1.82) is 0 Å². The molecule has 3 nitrogen and oxygen atoms in total. The molecule has 2 fully saturated rings. The molecule has 1 aliphatic heterocycles. The third-order valence-corrected chi connectivity index (χ3v) is 5.07. The number of nitrogens with one attached hydrogen (secondary N) is 1. The molecule has 2 aliphatic rings. The monoisotopic (exact) mass is 306 g/mol. The molecule has 2 atom stereocenters. The summed E-state index contributed by atoms with van der Waals surface area (Å²) >= 11 is 6.11. The fourth-order valence-electron chi connectivity index (χ4n) is 3.90. The van der Waals surface area contributed by atoms with Gasteiger partial charge in [0.05, 0.1) is 5.56 Å². The topological polar surface area (TPSA) is 32.3 Å². The van der Waals surface area contributed by atoms with Crippen LogP contribution < -0.4 is 5.32 Å². The molecule has 1 N–H and O–H groups in total. The zero-order chi connectivity index (χ0) is 14.8. The quantitative estimate of drug-likeness (QED) is 0.908. The van der Waals surface area contributed by atoms with Crippen molar-refractivity contribution in [2.75, 3.05) is 18.4 Å². The first kappa shape index (κ1) is 14.7. The van der Waals surface area contributed by atoms with Crippen molar-refractivity contribution in [2.24, 2.45) is 5.92 Å². The van der Waals surface area contributed by atoms with Crippen molar-refractivity contribution in [2.45, 2.75) is 45.1 Å². The summed E-state index contributed by atoms with van der Waals surface area (Å²) in [5.41, 5.74) is 1.61. The normalized spacial score (nSPS) is 24.8. The molecule has 1 aromatic carbocycles. The van der Waals surface area contributed by atoms with Crippen LogP contribution in [-0.4, -0.2) is 29.9 Å². The lowest BCUT2D eigenvalue weighted by atomic mass is 9.91. The van der Waals surface area contributed by atoms with Gasteiger partial charge in [0, 0.05) is 29.8 Å². The van der Waals surface area contributed by atoms with E-state index in [2.05, 4.69) is 10.2 Å². The van der Waals surface area contributed by atoms with Crippen molar-refractivity contribution in [3.05, 3.63) is 28.8 Å². The fraction of sp³-hybridized carbons (Fsp3) is 0.588. The van der Waals surface area contributed by atoms with Crippen LogP contribution in [-0.2, 0) is 0 Å². The Labute approximate surface area is 131 Å². The number of benzene rings is 1. The first-order valence-corrected chi connectivity index (χ1v) is 8.43. The standard InChI is InChI=1S/C17H23ClN2O/c1-2-19-15-9-8-13(18)11-14(15)17(21)20-10-4-6-12-5-3-7-16(12)20/h8-9,11-12,16,19H,2-7,10H2,1H3. The third-order valence-electron chi connectivity index (χ3n) is 4.83. The molecule has 1 heterocycles. The zero-order valence-electron chi connectivity index (χ0n) is 12.6. The molecule has 0 radical (unpaired) electrons. The Morgan fingerprint density at radius 1 is 1.33 bits per heavy atom. The van der Waals surface area contributed by atoms with Crippen molar-refractivity contribution in [3.63, 3.8) is 0 Å². The molecular weight excluding hydrogens is 284 g/mol. The molecule has 1 aromatic rings. The van der Waals surface area contributed by atoms with Crippen LogP contribution in [0.1, 0.15) is 49.4 Å². The lowest BCUT2D eigenvalue weighted by molar-refractivity contribution is 0.0549. The molecule has 3 rings (SSSR count). The number of anilines is 1. The molecule has 1 aliphatic carbocycles. The molecule has 21 heavy (non-hydrogen) atoms. The molecule has 0 aromatic heterocycles. The Kier molecular flexibility index (Phi) is 4.39. The van der Waals surface area contributed by atoms with Crippen LogP contribution in [0.5, 0.6) is 0 Å². The zero-order valence-corrected chi connectivity index (χ0v) is 13.3. The lowest BCUT2D eigenvalue weighted by Crippen LogP contribution is -2.46. The van der Waals surface area contributed by atoms with E-state index in [-0.39, 0.29) is 5.91 Å². The van der Waals surface area contributed by atoms with Crippen LogP contribution in [0.15, 0.2) is 18.2 Å². The maximum atomic E-state index is 13.0. The highest BCUT2D eigenvalue weighted by molar-refractivity contribution is 6.31. The van der Waals surface area contributed by atoms with Gasteiger partial charge in [-0.15, -0.1) is 0 Å². The van der Waals surface area contributed by atoms with Gasteiger partial charge in [0.1, 0.15) is 0 Å². The summed E-state index contributed by atoms with van der Waals surface area (Å²) in [4.78, 5) is 15.1. The fourth-order valence-corrected chi connectivity index (χ4v) is 4.07. The molecular formula is C17H23ClN2O. The van der Waals surface area contributed by atoms with Crippen molar-refractivity contribution in [3.8, 4) is 0 Å². The Hall–Kier alpha value is -1.22. The molecule has 1 amide bonds. The summed E-state index contributed by atoms with van der Waals surface area (Å²) in [6, 6.07) is 6.00. The average Bonchev–Trinajstić information content (AvgIpc) is 2.97. The Bertz CT molecular complexity index is 532. The number of piperidine rings is 1. The van der Waals surface area contributed by atoms with E-state index in [9.17, 15) is 4.79 Å². The van der Waals surface area contributed by atoms with Crippen molar-refractivity contribution >= 4 is 23.2 Å². The van der Waals surface area contributed by atoms with Gasteiger partial charge in [-0.25, -0.2) is 0 Å². The minimum absolute atomic E-state index is 0.144. The first-order chi connectivity index (χ1) is 10.2. The van der Waals surface area contributed by atoms with Gasteiger partial charge < -0.3 is 10.2 Å². The minimum atomic E-state index is 0.144. The molecule has 0 spiro atoms.